The number of hydrogen-bond acceptors (Lipinski definition) is 3. The predicted octanol–water partition coefficient (Wildman–Crippen LogP) is 2.11. The molecule has 1 unspecified atom stereocenters. The van der Waals surface area contributed by atoms with E-state index in [0.29, 0.717) is 12.1 Å². The first-order chi connectivity index (χ1) is 9.76. The highest BCUT2D eigenvalue weighted by molar-refractivity contribution is 5.78. The van der Waals surface area contributed by atoms with Gasteiger partial charge < -0.3 is 10.2 Å². The number of hydrogen-bond donors (Lipinski definition) is 2. The van der Waals surface area contributed by atoms with Crippen LogP contribution in [0.1, 0.15) is 17.2 Å². The molecule has 0 amide bonds. The van der Waals surface area contributed by atoms with E-state index in [2.05, 4.69) is 17.2 Å². The lowest BCUT2D eigenvalue weighted by molar-refractivity contribution is 0.0957. The van der Waals surface area contributed by atoms with Crippen LogP contribution in [0.15, 0.2) is 54.7 Å². The third-order valence-corrected chi connectivity index (χ3v) is 3.32. The Labute approximate surface area is 116 Å². The second kappa shape index (κ2) is 5.45. The van der Waals surface area contributed by atoms with Gasteiger partial charge in [0.25, 0.3) is 0 Å². The Kier molecular flexibility index (Phi) is 3.50. The molecule has 1 atom stereocenters. The number of aliphatic hydroxyl groups is 2. The van der Waals surface area contributed by atoms with Crippen molar-refractivity contribution >= 4 is 10.9 Å². The Bertz CT molecular complexity index is 707. The fourth-order valence-corrected chi connectivity index (χ4v) is 2.25. The van der Waals surface area contributed by atoms with E-state index in [1.54, 1.807) is 0 Å². The first kappa shape index (κ1) is 12.8. The van der Waals surface area contributed by atoms with Gasteiger partial charge in [0.15, 0.2) is 0 Å². The summed E-state index contributed by atoms with van der Waals surface area (Å²) < 4.78 is 1.88. The van der Waals surface area contributed by atoms with E-state index in [0.717, 1.165) is 10.9 Å². The minimum absolute atomic E-state index is 0.282. The molecule has 0 spiro atoms. The summed E-state index contributed by atoms with van der Waals surface area (Å²) in [7, 11) is 0. The highest BCUT2D eigenvalue weighted by Gasteiger charge is 2.08. The van der Waals surface area contributed by atoms with E-state index in [9.17, 15) is 5.11 Å². The van der Waals surface area contributed by atoms with Crippen LogP contribution < -0.4 is 0 Å². The van der Waals surface area contributed by atoms with E-state index in [-0.39, 0.29) is 6.61 Å². The molecule has 0 bridgehead atoms. The average molecular weight is 268 g/mol. The first-order valence-electron chi connectivity index (χ1n) is 6.56. The van der Waals surface area contributed by atoms with E-state index in [1.807, 2.05) is 47.3 Å². The standard InChI is InChI=1S/C16H16N2O2/c19-11-16(20)13-6-7-14-10-18(17-15(14)8-13)9-12-4-2-1-3-5-12/h1-8,10,16,19-20H,9,11H2. The topological polar surface area (TPSA) is 58.3 Å². The molecule has 4 nitrogen and oxygen atoms in total. The van der Waals surface area contributed by atoms with Crippen LogP contribution in [0.5, 0.6) is 0 Å². The van der Waals surface area contributed by atoms with Gasteiger partial charge in [0.2, 0.25) is 0 Å². The van der Waals surface area contributed by atoms with Crippen molar-refractivity contribution in [2.45, 2.75) is 12.6 Å². The van der Waals surface area contributed by atoms with Gasteiger partial charge in [-0.1, -0.05) is 42.5 Å². The summed E-state index contributed by atoms with van der Waals surface area (Å²) in [5.74, 6) is 0. The molecule has 1 heterocycles. The lowest BCUT2D eigenvalue weighted by Crippen LogP contribution is -2.02. The second-order valence-electron chi connectivity index (χ2n) is 4.83. The van der Waals surface area contributed by atoms with Crippen LogP contribution in [0.2, 0.25) is 0 Å². The molecule has 3 rings (SSSR count). The van der Waals surface area contributed by atoms with Crippen molar-refractivity contribution in [1.29, 1.82) is 0 Å². The van der Waals surface area contributed by atoms with E-state index in [4.69, 9.17) is 5.11 Å². The maximum Gasteiger partial charge on any atom is 0.102 e. The van der Waals surface area contributed by atoms with Crippen molar-refractivity contribution in [3.05, 3.63) is 65.9 Å². The smallest absolute Gasteiger partial charge is 0.102 e. The fraction of sp³-hybridized carbons (Fsp3) is 0.188. The normalized spacial score (nSPS) is 12.7. The third-order valence-electron chi connectivity index (χ3n) is 3.32. The summed E-state index contributed by atoms with van der Waals surface area (Å²) in [6.45, 7) is 0.434. The summed E-state index contributed by atoms with van der Waals surface area (Å²) in [6.07, 6.45) is 1.14. The third kappa shape index (κ3) is 2.57. The number of aliphatic hydroxyl groups excluding tert-OH is 2. The highest BCUT2D eigenvalue weighted by Crippen LogP contribution is 2.19. The predicted molar refractivity (Wildman–Crippen MR) is 77.3 cm³/mol. The van der Waals surface area contributed by atoms with Crippen LogP contribution in [-0.4, -0.2) is 26.6 Å². The van der Waals surface area contributed by atoms with E-state index < -0.39 is 6.10 Å². The van der Waals surface area contributed by atoms with Crippen LogP contribution in [0.4, 0.5) is 0 Å². The van der Waals surface area contributed by atoms with Gasteiger partial charge in [0.05, 0.1) is 18.7 Å². The molecule has 2 aromatic carbocycles. The van der Waals surface area contributed by atoms with Gasteiger partial charge in [-0.2, -0.15) is 5.10 Å². The number of nitrogens with zero attached hydrogens (tertiary/aromatic N) is 2. The Hall–Kier alpha value is -2.17. The van der Waals surface area contributed by atoms with E-state index >= 15 is 0 Å². The van der Waals surface area contributed by atoms with Crippen LogP contribution in [0, 0.1) is 0 Å². The fourth-order valence-electron chi connectivity index (χ4n) is 2.25. The lowest BCUT2D eigenvalue weighted by Gasteiger charge is -2.06. The minimum atomic E-state index is -0.848. The maximum absolute atomic E-state index is 9.65. The SMILES string of the molecule is OCC(O)c1ccc2cn(Cc3ccccc3)nc2c1. The molecule has 102 valence electrons. The molecular weight excluding hydrogens is 252 g/mol. The molecule has 0 saturated heterocycles. The van der Waals surface area contributed by atoms with Crippen molar-refractivity contribution in [1.82, 2.24) is 9.78 Å². The van der Waals surface area contributed by atoms with Gasteiger partial charge in [-0.05, 0) is 17.2 Å². The minimum Gasteiger partial charge on any atom is -0.393 e. The maximum atomic E-state index is 9.65. The zero-order chi connectivity index (χ0) is 13.9. The van der Waals surface area contributed by atoms with Crippen LogP contribution in [-0.2, 0) is 6.54 Å². The average Bonchev–Trinajstić information content (AvgIpc) is 2.88. The van der Waals surface area contributed by atoms with Gasteiger partial charge in [0, 0.05) is 11.6 Å². The molecule has 0 saturated carbocycles. The monoisotopic (exact) mass is 268 g/mol. The molecule has 20 heavy (non-hydrogen) atoms. The lowest BCUT2D eigenvalue weighted by atomic mass is 10.1. The molecule has 4 heteroatoms. The van der Waals surface area contributed by atoms with Crippen molar-refractivity contribution in [3.8, 4) is 0 Å². The molecule has 0 radical (unpaired) electrons. The molecule has 1 aromatic heterocycles. The summed E-state index contributed by atoms with van der Waals surface area (Å²) in [5.41, 5.74) is 2.70. The molecule has 0 aliphatic carbocycles. The summed E-state index contributed by atoms with van der Waals surface area (Å²) in [4.78, 5) is 0. The molecule has 0 aliphatic rings. The molecule has 0 fully saturated rings. The Morgan fingerprint density at radius 3 is 2.65 bits per heavy atom. The Balaban J connectivity index is 1.90. The molecule has 0 aliphatic heterocycles. The van der Waals surface area contributed by atoms with Crippen molar-refractivity contribution in [3.63, 3.8) is 0 Å². The summed E-state index contributed by atoms with van der Waals surface area (Å²) in [6, 6.07) is 15.7. The van der Waals surface area contributed by atoms with Crippen molar-refractivity contribution in [2.75, 3.05) is 6.61 Å². The first-order valence-corrected chi connectivity index (χ1v) is 6.56. The van der Waals surface area contributed by atoms with Gasteiger partial charge in [-0.3, -0.25) is 4.68 Å². The number of fused-ring (bicyclic) bond motifs is 1. The number of benzene rings is 2. The second-order valence-corrected chi connectivity index (χ2v) is 4.83. The highest BCUT2D eigenvalue weighted by atomic mass is 16.3. The van der Waals surface area contributed by atoms with Crippen LogP contribution >= 0.6 is 0 Å². The van der Waals surface area contributed by atoms with Gasteiger partial charge in [0.1, 0.15) is 6.10 Å². The summed E-state index contributed by atoms with van der Waals surface area (Å²) >= 11 is 0. The van der Waals surface area contributed by atoms with Gasteiger partial charge >= 0.3 is 0 Å². The number of rotatable bonds is 4. The van der Waals surface area contributed by atoms with Gasteiger partial charge in [-0.15, -0.1) is 0 Å². The largest absolute Gasteiger partial charge is 0.393 e. The van der Waals surface area contributed by atoms with Crippen LogP contribution in [0.25, 0.3) is 10.9 Å². The Morgan fingerprint density at radius 2 is 1.90 bits per heavy atom. The Morgan fingerprint density at radius 1 is 1.10 bits per heavy atom. The molecular formula is C16H16N2O2. The molecule has 3 aromatic rings. The van der Waals surface area contributed by atoms with Gasteiger partial charge in [-0.25, -0.2) is 0 Å². The number of aromatic nitrogens is 2. The van der Waals surface area contributed by atoms with Crippen molar-refractivity contribution < 1.29 is 10.2 Å². The molecule has 2 N–H and O–H groups in total. The zero-order valence-corrected chi connectivity index (χ0v) is 11.0. The van der Waals surface area contributed by atoms with E-state index in [1.165, 1.54) is 5.56 Å². The van der Waals surface area contributed by atoms with Crippen LogP contribution in [0.3, 0.4) is 0 Å². The quantitative estimate of drug-likeness (QED) is 0.762. The zero-order valence-electron chi connectivity index (χ0n) is 11.0. The van der Waals surface area contributed by atoms with Crippen molar-refractivity contribution in [2.24, 2.45) is 0 Å². The summed E-state index contributed by atoms with van der Waals surface area (Å²) in [5, 5.41) is 24.2.